The summed E-state index contributed by atoms with van der Waals surface area (Å²) in [6, 6.07) is 10.8. The predicted octanol–water partition coefficient (Wildman–Crippen LogP) is 3.66. The van der Waals surface area contributed by atoms with Crippen LogP contribution in [0.1, 0.15) is 25.1 Å². The lowest BCUT2D eigenvalue weighted by Gasteiger charge is -2.23. The minimum absolute atomic E-state index is 0.221. The van der Waals surface area contributed by atoms with Crippen LogP contribution in [-0.4, -0.2) is 18.6 Å². The molecule has 0 bridgehead atoms. The number of aromatic nitrogens is 1. The average Bonchev–Trinajstić information content (AvgIpc) is 2.50. The zero-order chi connectivity index (χ0) is 15.2. The number of anilines is 2. The molecule has 0 saturated carbocycles. The van der Waals surface area contributed by atoms with E-state index in [1.807, 2.05) is 7.05 Å². The molecular weight excluding hydrogens is 265 g/mol. The van der Waals surface area contributed by atoms with Crippen molar-refractivity contribution in [2.45, 2.75) is 26.8 Å². The Morgan fingerprint density at radius 1 is 1.14 bits per heavy atom. The van der Waals surface area contributed by atoms with Crippen LogP contribution in [0, 0.1) is 5.82 Å². The predicted molar refractivity (Wildman–Crippen MR) is 85.5 cm³/mol. The molecule has 1 aromatic heterocycles. The summed E-state index contributed by atoms with van der Waals surface area (Å²) in [5.74, 6) is 0.689. The van der Waals surface area contributed by atoms with Gasteiger partial charge in [0.25, 0.3) is 0 Å². The number of benzene rings is 1. The van der Waals surface area contributed by atoms with Gasteiger partial charge in [0.15, 0.2) is 0 Å². The molecule has 0 amide bonds. The van der Waals surface area contributed by atoms with Crippen molar-refractivity contribution in [1.29, 1.82) is 0 Å². The maximum absolute atomic E-state index is 13.1. The van der Waals surface area contributed by atoms with Gasteiger partial charge in [0, 0.05) is 24.5 Å². The normalized spacial score (nSPS) is 10.7. The van der Waals surface area contributed by atoms with Crippen LogP contribution >= 0.6 is 0 Å². The van der Waals surface area contributed by atoms with E-state index in [-0.39, 0.29) is 5.82 Å². The Balaban J connectivity index is 2.40. The Morgan fingerprint density at radius 3 is 2.43 bits per heavy atom. The minimum Gasteiger partial charge on any atom is -0.327 e. The lowest BCUT2D eigenvalue weighted by molar-refractivity contribution is 0.627. The van der Waals surface area contributed by atoms with Gasteiger partial charge in [0.05, 0.1) is 0 Å². The molecule has 0 atom stereocenters. The van der Waals surface area contributed by atoms with Crippen molar-refractivity contribution < 1.29 is 4.39 Å². The molecule has 0 unspecified atom stereocenters. The van der Waals surface area contributed by atoms with Gasteiger partial charge < -0.3 is 10.2 Å². The van der Waals surface area contributed by atoms with Crippen molar-refractivity contribution in [3.8, 4) is 0 Å². The van der Waals surface area contributed by atoms with Crippen LogP contribution in [0.15, 0.2) is 36.4 Å². The first-order valence-corrected chi connectivity index (χ1v) is 7.35. The summed E-state index contributed by atoms with van der Waals surface area (Å²) in [6.45, 7) is 5.76. The lowest BCUT2D eigenvalue weighted by atomic mass is 10.1. The molecular formula is C17H22FN3. The smallest absolute Gasteiger partial charge is 0.133 e. The third kappa shape index (κ3) is 3.79. The molecule has 112 valence electrons. The van der Waals surface area contributed by atoms with Crippen molar-refractivity contribution in [3.63, 3.8) is 0 Å². The number of nitrogens with zero attached hydrogens (tertiary/aromatic N) is 2. The molecule has 0 fully saturated rings. The fourth-order valence-electron chi connectivity index (χ4n) is 2.36. The first-order chi connectivity index (χ1) is 10.2. The van der Waals surface area contributed by atoms with Gasteiger partial charge in [0.2, 0.25) is 0 Å². The van der Waals surface area contributed by atoms with E-state index < -0.39 is 0 Å². The van der Waals surface area contributed by atoms with E-state index in [1.165, 1.54) is 17.7 Å². The van der Waals surface area contributed by atoms with Crippen molar-refractivity contribution in [2.75, 3.05) is 18.5 Å². The van der Waals surface area contributed by atoms with Gasteiger partial charge in [-0.05, 0) is 62.4 Å². The molecule has 0 saturated heterocycles. The maximum atomic E-state index is 13.1. The second-order valence-electron chi connectivity index (χ2n) is 4.93. The molecule has 0 radical (unpaired) electrons. The number of rotatable bonds is 6. The molecule has 2 aromatic rings. The summed E-state index contributed by atoms with van der Waals surface area (Å²) in [7, 11) is 1.93. The molecule has 1 N–H and O–H groups in total. The SMILES string of the molecule is CCc1cc(CNC)cc(N(CC)c2ccc(F)cc2)n1. The van der Waals surface area contributed by atoms with Gasteiger partial charge in [-0.25, -0.2) is 9.37 Å². The zero-order valence-corrected chi connectivity index (χ0v) is 12.9. The van der Waals surface area contributed by atoms with Crippen molar-refractivity contribution in [2.24, 2.45) is 0 Å². The summed E-state index contributed by atoms with van der Waals surface area (Å²) in [6.07, 6.45) is 0.894. The molecule has 0 aliphatic rings. The molecule has 0 aliphatic heterocycles. The summed E-state index contributed by atoms with van der Waals surface area (Å²) in [5, 5.41) is 3.17. The van der Waals surface area contributed by atoms with Gasteiger partial charge >= 0.3 is 0 Å². The van der Waals surface area contributed by atoms with Crippen LogP contribution in [0.3, 0.4) is 0 Å². The quantitative estimate of drug-likeness (QED) is 0.879. The van der Waals surface area contributed by atoms with Crippen molar-refractivity contribution >= 4 is 11.5 Å². The van der Waals surface area contributed by atoms with Gasteiger partial charge in [-0.1, -0.05) is 6.92 Å². The number of aryl methyl sites for hydroxylation is 1. The van der Waals surface area contributed by atoms with E-state index in [4.69, 9.17) is 4.98 Å². The highest BCUT2D eigenvalue weighted by Crippen LogP contribution is 2.25. The second kappa shape index (κ2) is 7.18. The van der Waals surface area contributed by atoms with Crippen LogP contribution in [0.4, 0.5) is 15.9 Å². The maximum Gasteiger partial charge on any atom is 0.133 e. The van der Waals surface area contributed by atoms with Crippen LogP contribution in [-0.2, 0) is 13.0 Å². The molecule has 21 heavy (non-hydrogen) atoms. The van der Waals surface area contributed by atoms with Crippen LogP contribution < -0.4 is 10.2 Å². The molecule has 4 heteroatoms. The molecule has 1 aromatic carbocycles. The van der Waals surface area contributed by atoms with E-state index in [1.54, 1.807) is 12.1 Å². The average molecular weight is 287 g/mol. The Hall–Kier alpha value is -1.94. The third-order valence-electron chi connectivity index (χ3n) is 3.40. The molecule has 1 heterocycles. The van der Waals surface area contributed by atoms with Crippen LogP contribution in [0.2, 0.25) is 0 Å². The number of hydrogen-bond acceptors (Lipinski definition) is 3. The van der Waals surface area contributed by atoms with E-state index in [0.717, 1.165) is 36.7 Å². The Bertz CT molecular complexity index is 581. The highest BCUT2D eigenvalue weighted by atomic mass is 19.1. The summed E-state index contributed by atoms with van der Waals surface area (Å²) >= 11 is 0. The minimum atomic E-state index is -0.221. The fourth-order valence-corrected chi connectivity index (χ4v) is 2.36. The Labute approximate surface area is 125 Å². The third-order valence-corrected chi connectivity index (χ3v) is 3.40. The standard InChI is InChI=1S/C17H22FN3/c1-4-15-10-13(12-19-3)11-17(20-15)21(5-2)16-8-6-14(18)7-9-16/h6-11,19H,4-5,12H2,1-3H3. The monoisotopic (exact) mass is 287 g/mol. The number of halogens is 1. The largest absolute Gasteiger partial charge is 0.327 e. The zero-order valence-electron chi connectivity index (χ0n) is 12.9. The summed E-state index contributed by atoms with van der Waals surface area (Å²) in [5.41, 5.74) is 3.23. The van der Waals surface area contributed by atoms with Gasteiger partial charge in [-0.15, -0.1) is 0 Å². The molecule has 3 nitrogen and oxygen atoms in total. The second-order valence-corrected chi connectivity index (χ2v) is 4.93. The van der Waals surface area contributed by atoms with Crippen molar-refractivity contribution in [3.05, 3.63) is 53.5 Å². The summed E-state index contributed by atoms with van der Waals surface area (Å²) < 4.78 is 13.1. The van der Waals surface area contributed by atoms with Crippen molar-refractivity contribution in [1.82, 2.24) is 10.3 Å². The lowest BCUT2D eigenvalue weighted by Crippen LogP contribution is -2.19. The van der Waals surface area contributed by atoms with Gasteiger partial charge in [-0.2, -0.15) is 0 Å². The van der Waals surface area contributed by atoms with E-state index in [9.17, 15) is 4.39 Å². The number of nitrogens with one attached hydrogen (secondary N) is 1. The molecule has 0 aliphatic carbocycles. The topological polar surface area (TPSA) is 28.2 Å². The number of hydrogen-bond donors (Lipinski definition) is 1. The summed E-state index contributed by atoms with van der Waals surface area (Å²) in [4.78, 5) is 6.80. The first kappa shape index (κ1) is 15.4. The van der Waals surface area contributed by atoms with E-state index in [2.05, 4.69) is 36.2 Å². The van der Waals surface area contributed by atoms with E-state index >= 15 is 0 Å². The highest BCUT2D eigenvalue weighted by molar-refractivity contribution is 5.60. The van der Waals surface area contributed by atoms with Gasteiger partial charge in [-0.3, -0.25) is 0 Å². The highest BCUT2D eigenvalue weighted by Gasteiger charge is 2.11. The van der Waals surface area contributed by atoms with Gasteiger partial charge in [0.1, 0.15) is 11.6 Å². The molecule has 0 spiro atoms. The Kier molecular flexibility index (Phi) is 5.28. The van der Waals surface area contributed by atoms with Crippen LogP contribution in [0.25, 0.3) is 0 Å². The molecule has 2 rings (SSSR count). The van der Waals surface area contributed by atoms with E-state index in [0.29, 0.717) is 0 Å². The Morgan fingerprint density at radius 2 is 1.86 bits per heavy atom. The first-order valence-electron chi connectivity index (χ1n) is 7.35. The van der Waals surface area contributed by atoms with Crippen LogP contribution in [0.5, 0.6) is 0 Å². The number of pyridine rings is 1. The fraction of sp³-hybridized carbons (Fsp3) is 0.353.